The fourth-order valence-electron chi connectivity index (χ4n) is 21.0. The lowest BCUT2D eigenvalue weighted by Gasteiger charge is -2.58. The van der Waals surface area contributed by atoms with E-state index in [9.17, 15) is 9.59 Å². The summed E-state index contributed by atoms with van der Waals surface area (Å²) in [6, 6.07) is 16.7. The molecular formula is C78H118O6. The number of esters is 2. The molecule has 6 fully saturated rings. The second kappa shape index (κ2) is 27.9. The average Bonchev–Trinajstić information content (AvgIpc) is 1.84. The molecule has 0 bridgehead atoms. The lowest BCUT2D eigenvalue weighted by Crippen LogP contribution is -2.51. The fourth-order valence-corrected chi connectivity index (χ4v) is 21.0. The Kier molecular flexibility index (Phi) is 21.1. The van der Waals surface area contributed by atoms with Crippen LogP contribution in [-0.2, 0) is 19.1 Å². The first-order valence-electron chi connectivity index (χ1n) is 35.6. The molecule has 84 heavy (non-hydrogen) atoms. The molecule has 8 aliphatic rings. The molecule has 0 spiro atoms. The van der Waals surface area contributed by atoms with E-state index in [0.29, 0.717) is 36.9 Å². The average molecular weight is 1150 g/mol. The molecule has 6 saturated carbocycles. The molecule has 0 saturated heterocycles. The van der Waals surface area contributed by atoms with Gasteiger partial charge in [-0.1, -0.05) is 155 Å². The molecule has 0 aromatic heterocycles. The van der Waals surface area contributed by atoms with E-state index in [4.69, 9.17) is 18.9 Å². The summed E-state index contributed by atoms with van der Waals surface area (Å²) in [4.78, 5) is 26.2. The van der Waals surface area contributed by atoms with Crippen molar-refractivity contribution in [3.05, 3.63) is 71.8 Å². The third-order valence-corrected chi connectivity index (χ3v) is 25.7. The van der Waals surface area contributed by atoms with Crippen LogP contribution in [0.2, 0.25) is 0 Å². The van der Waals surface area contributed by atoms with Crippen molar-refractivity contribution < 1.29 is 28.5 Å². The van der Waals surface area contributed by atoms with Gasteiger partial charge < -0.3 is 18.9 Å². The molecule has 2 aromatic rings. The molecule has 8 aliphatic carbocycles. The number of carbonyl (C=O) groups excluding carboxylic acids is 2. The summed E-state index contributed by atoms with van der Waals surface area (Å²) in [6.45, 7) is 26.5. The van der Waals surface area contributed by atoms with Crippen molar-refractivity contribution in [2.45, 2.75) is 274 Å². The molecule has 0 unspecified atom stereocenters. The number of ether oxygens (including phenoxy) is 4. The quantitative estimate of drug-likeness (QED) is 0.0504. The summed E-state index contributed by atoms with van der Waals surface area (Å²) in [6.07, 6.45) is 40.1. The summed E-state index contributed by atoms with van der Waals surface area (Å²) in [5, 5.41) is 0. The molecule has 0 N–H and O–H groups in total. The number of benzene rings is 2. The summed E-state index contributed by atoms with van der Waals surface area (Å²) >= 11 is 0. The molecule has 0 aliphatic heterocycles. The van der Waals surface area contributed by atoms with Crippen LogP contribution in [0.15, 0.2) is 71.8 Å². The highest BCUT2D eigenvalue weighted by atomic mass is 16.5. The topological polar surface area (TPSA) is 71.1 Å². The maximum absolute atomic E-state index is 13.1. The van der Waals surface area contributed by atoms with Gasteiger partial charge in [0.2, 0.25) is 0 Å². The minimum Gasteiger partial charge on any atom is -0.494 e. The van der Waals surface area contributed by atoms with Gasteiger partial charge in [0.05, 0.1) is 13.2 Å². The van der Waals surface area contributed by atoms with E-state index in [2.05, 4.69) is 106 Å². The Morgan fingerprint density at radius 2 is 0.857 bits per heavy atom. The Labute approximate surface area is 512 Å². The van der Waals surface area contributed by atoms with Crippen molar-refractivity contribution in [2.24, 2.45) is 92.7 Å². The molecule has 0 amide bonds. The van der Waals surface area contributed by atoms with Gasteiger partial charge in [0.25, 0.3) is 0 Å². The van der Waals surface area contributed by atoms with Gasteiger partial charge in [-0.3, -0.25) is 9.59 Å². The Morgan fingerprint density at radius 1 is 0.452 bits per heavy atom. The zero-order chi connectivity index (χ0) is 59.2. The lowest BCUT2D eigenvalue weighted by atomic mass is 9.47. The van der Waals surface area contributed by atoms with E-state index in [-0.39, 0.29) is 35.0 Å². The van der Waals surface area contributed by atoms with E-state index in [1.807, 2.05) is 24.3 Å². The molecule has 0 radical (unpaired) electrons. The van der Waals surface area contributed by atoms with Gasteiger partial charge in [-0.05, 0) is 256 Å². The predicted molar refractivity (Wildman–Crippen MR) is 346 cm³/mol. The normalized spacial score (nSPS) is 34.9. The van der Waals surface area contributed by atoms with Crippen molar-refractivity contribution in [2.75, 3.05) is 13.2 Å². The minimum absolute atomic E-state index is 0.0239. The van der Waals surface area contributed by atoms with E-state index in [1.165, 1.54) is 116 Å². The zero-order valence-electron chi connectivity index (χ0n) is 54.9. The third-order valence-electron chi connectivity index (χ3n) is 25.7. The predicted octanol–water partition coefficient (Wildman–Crippen LogP) is 21.1. The summed E-state index contributed by atoms with van der Waals surface area (Å²) in [5.41, 5.74) is 7.08. The molecule has 16 atom stereocenters. The van der Waals surface area contributed by atoms with E-state index >= 15 is 0 Å². The Bertz CT molecular complexity index is 2350. The summed E-state index contributed by atoms with van der Waals surface area (Å²) in [5.74, 6) is 11.8. The van der Waals surface area contributed by atoms with Gasteiger partial charge >= 0.3 is 11.9 Å². The van der Waals surface area contributed by atoms with Crippen molar-refractivity contribution in [3.63, 3.8) is 0 Å². The van der Waals surface area contributed by atoms with Crippen molar-refractivity contribution >= 4 is 11.9 Å². The second-order valence-corrected chi connectivity index (χ2v) is 31.7. The number of hydrogen-bond acceptors (Lipinski definition) is 6. The zero-order valence-corrected chi connectivity index (χ0v) is 54.9. The lowest BCUT2D eigenvalue weighted by molar-refractivity contribution is -0.152. The number of fused-ring (bicyclic) bond motifs is 10. The standard InChI is InChI=1S/C78H118O6/c1-53(2)19-17-21-55(5)67-37-39-69-65-35-29-59-51-63(41-45-75(59,7)71(65)43-47-77(67,69)9)83-73(79)23-13-11-15-49-81-61-31-25-57(26-32-61)58-27-33-62(34-28-58)82-50-16-12-14-24-74(80)84-64-42-46-76(8)60(52-64)30-36-66-70-40-38-68(56(6)22-18-20-54(3)4)78(70,10)48-44-72(66)76/h25-34,53-56,63-72H,11-24,35-52H2,1-10H3/t55-,56-,63+,64+,65+,66+,67-,68-,69+,70+,71+,72+,75+,76+,77-,78-/m1/s1. The van der Waals surface area contributed by atoms with Crippen LogP contribution in [0.4, 0.5) is 0 Å². The highest BCUT2D eigenvalue weighted by Crippen LogP contribution is 2.69. The van der Waals surface area contributed by atoms with Crippen LogP contribution in [0, 0.1) is 92.7 Å². The van der Waals surface area contributed by atoms with Gasteiger partial charge in [0.1, 0.15) is 23.7 Å². The maximum Gasteiger partial charge on any atom is 0.306 e. The van der Waals surface area contributed by atoms with Crippen molar-refractivity contribution in [1.29, 1.82) is 0 Å². The maximum atomic E-state index is 13.1. The van der Waals surface area contributed by atoms with Crippen LogP contribution < -0.4 is 9.47 Å². The first-order chi connectivity index (χ1) is 40.4. The number of rotatable bonds is 27. The van der Waals surface area contributed by atoms with Gasteiger partial charge in [-0.2, -0.15) is 0 Å². The molecule has 6 nitrogen and oxygen atoms in total. The van der Waals surface area contributed by atoms with Crippen LogP contribution in [-0.4, -0.2) is 37.4 Å². The minimum atomic E-state index is -0.0239. The number of hydrogen-bond donors (Lipinski definition) is 0. The molecule has 10 rings (SSSR count). The van der Waals surface area contributed by atoms with Crippen LogP contribution in [0.5, 0.6) is 11.5 Å². The fraction of sp³-hybridized carbons (Fsp3) is 0.769. The highest BCUT2D eigenvalue weighted by molar-refractivity contribution is 5.70. The SMILES string of the molecule is CC(C)CCC[C@@H](C)[C@H]1CC[C@H]2[C@@H]3CC=C4C[C@@H](OC(=O)CCCCCOc5ccc(-c6ccc(OCCCCCC(=O)O[C@H]7CC[C@@]8(C)C(=CC[C@H]9[C@@H]%10CC[C@H]([C@H](C)CCCC(C)C)[C@@]%10(C)CC[C@@H]98)C7)cc6)cc5)CC[C@]4(C)[C@H]3CC[C@]12C. The van der Waals surface area contributed by atoms with Gasteiger partial charge in [0.15, 0.2) is 0 Å². The largest absolute Gasteiger partial charge is 0.494 e. The Hall–Kier alpha value is -3.54. The summed E-state index contributed by atoms with van der Waals surface area (Å²) in [7, 11) is 0. The van der Waals surface area contributed by atoms with Crippen molar-refractivity contribution in [1.82, 2.24) is 0 Å². The molecule has 0 heterocycles. The molecule has 466 valence electrons. The number of unbranched alkanes of at least 4 members (excludes halogenated alkanes) is 4. The van der Waals surface area contributed by atoms with Crippen LogP contribution >= 0.6 is 0 Å². The van der Waals surface area contributed by atoms with Gasteiger partial charge in [-0.25, -0.2) is 0 Å². The van der Waals surface area contributed by atoms with Crippen LogP contribution in [0.1, 0.15) is 262 Å². The molecular weight excluding hydrogens is 1030 g/mol. The first kappa shape index (κ1) is 63.5. The smallest absolute Gasteiger partial charge is 0.306 e. The summed E-state index contributed by atoms with van der Waals surface area (Å²) < 4.78 is 24.6. The van der Waals surface area contributed by atoms with Crippen molar-refractivity contribution in [3.8, 4) is 22.6 Å². The van der Waals surface area contributed by atoms with E-state index < -0.39 is 0 Å². The third kappa shape index (κ3) is 14.1. The highest BCUT2D eigenvalue weighted by Gasteiger charge is 2.61. The van der Waals surface area contributed by atoms with Gasteiger partial charge in [0, 0.05) is 25.7 Å². The van der Waals surface area contributed by atoms with Crippen LogP contribution in [0.25, 0.3) is 11.1 Å². The van der Waals surface area contributed by atoms with E-state index in [1.54, 1.807) is 11.1 Å². The van der Waals surface area contributed by atoms with Crippen LogP contribution in [0.3, 0.4) is 0 Å². The number of carbonyl (C=O) groups is 2. The first-order valence-corrected chi connectivity index (χ1v) is 35.6. The van der Waals surface area contributed by atoms with E-state index in [0.717, 1.165) is 158 Å². The second-order valence-electron chi connectivity index (χ2n) is 31.7. The molecule has 6 heteroatoms. The molecule has 2 aromatic carbocycles. The number of allylic oxidation sites excluding steroid dienone is 2. The monoisotopic (exact) mass is 1150 g/mol. The Balaban J connectivity index is 0.562. The van der Waals surface area contributed by atoms with Gasteiger partial charge in [-0.15, -0.1) is 0 Å². The Morgan fingerprint density at radius 3 is 1.25 bits per heavy atom.